The van der Waals surface area contributed by atoms with Crippen molar-refractivity contribution < 1.29 is 8.42 Å². The minimum atomic E-state index is -3.62. The second-order valence-electron chi connectivity index (χ2n) is 6.89. The van der Waals surface area contributed by atoms with E-state index < -0.39 is 10.0 Å². The summed E-state index contributed by atoms with van der Waals surface area (Å²) in [5.74, 6) is 0. The van der Waals surface area contributed by atoms with E-state index in [4.69, 9.17) is 23.2 Å². The Labute approximate surface area is 179 Å². The van der Waals surface area contributed by atoms with Crippen LogP contribution in [0.1, 0.15) is 11.1 Å². The summed E-state index contributed by atoms with van der Waals surface area (Å²) < 4.78 is 29.2. The van der Waals surface area contributed by atoms with E-state index in [1.54, 1.807) is 0 Å². The molecule has 1 aliphatic heterocycles. The Bertz CT molecular complexity index is 1210. The lowest BCUT2D eigenvalue weighted by molar-refractivity contribution is 0.181. The van der Waals surface area contributed by atoms with E-state index in [1.807, 2.05) is 35.0 Å². The molecule has 1 saturated heterocycles. The van der Waals surface area contributed by atoms with Crippen LogP contribution < -0.4 is 0 Å². The summed E-state index contributed by atoms with van der Waals surface area (Å²) in [4.78, 5) is 2.31. The van der Waals surface area contributed by atoms with E-state index in [0.717, 1.165) is 11.1 Å². The summed E-state index contributed by atoms with van der Waals surface area (Å²) in [5.41, 5.74) is 2.49. The van der Waals surface area contributed by atoms with E-state index in [1.165, 1.54) is 22.5 Å². The van der Waals surface area contributed by atoms with Gasteiger partial charge in [0, 0.05) is 50.7 Å². The lowest BCUT2D eigenvalue weighted by Gasteiger charge is -2.33. The van der Waals surface area contributed by atoms with Gasteiger partial charge in [-0.25, -0.2) is 8.42 Å². The number of sulfonamides is 1. The highest BCUT2D eigenvalue weighted by Crippen LogP contribution is 2.27. The molecule has 0 N–H and O–H groups in total. The highest BCUT2D eigenvalue weighted by molar-refractivity contribution is 7.89. The number of nitrogens with zero attached hydrogens (tertiary/aromatic N) is 4. The first-order valence-corrected chi connectivity index (χ1v) is 11.3. The first kappa shape index (κ1) is 20.2. The van der Waals surface area contributed by atoms with Gasteiger partial charge in [0.15, 0.2) is 0 Å². The van der Waals surface area contributed by atoms with E-state index in [9.17, 15) is 13.7 Å². The fourth-order valence-electron chi connectivity index (χ4n) is 3.58. The number of halogens is 2. The van der Waals surface area contributed by atoms with Crippen molar-refractivity contribution in [2.45, 2.75) is 11.4 Å². The lowest BCUT2D eigenvalue weighted by Crippen LogP contribution is -2.48. The zero-order valence-electron chi connectivity index (χ0n) is 15.4. The van der Waals surface area contributed by atoms with Crippen LogP contribution in [-0.2, 0) is 16.6 Å². The van der Waals surface area contributed by atoms with Gasteiger partial charge in [-0.1, -0.05) is 29.3 Å². The number of nitriles is 1. The Hall–Kier alpha value is -2.08. The molecule has 0 spiro atoms. The average molecular weight is 449 g/mol. The molecule has 29 heavy (non-hydrogen) atoms. The SMILES string of the molecule is N#Cc1c(CN2CCN(S(=O)(=O)c3ccc(Cl)c(Cl)c3)CC2)cn2ccccc12. The van der Waals surface area contributed by atoms with Crippen LogP contribution in [0.15, 0.2) is 53.7 Å². The number of aromatic nitrogens is 1. The highest BCUT2D eigenvalue weighted by atomic mass is 35.5. The van der Waals surface area contributed by atoms with Crippen LogP contribution in [0.2, 0.25) is 10.0 Å². The van der Waals surface area contributed by atoms with Crippen LogP contribution in [0.5, 0.6) is 0 Å². The van der Waals surface area contributed by atoms with Crippen molar-refractivity contribution in [2.75, 3.05) is 26.2 Å². The fraction of sp³-hybridized carbons (Fsp3) is 0.250. The summed E-state index contributed by atoms with van der Waals surface area (Å²) in [6, 6.07) is 12.4. The Morgan fingerprint density at radius 2 is 1.79 bits per heavy atom. The molecule has 0 atom stereocenters. The molecule has 1 fully saturated rings. The van der Waals surface area contributed by atoms with Gasteiger partial charge in [0.1, 0.15) is 6.07 Å². The molecular weight excluding hydrogens is 431 g/mol. The third-order valence-corrected chi connectivity index (χ3v) is 7.76. The third-order valence-electron chi connectivity index (χ3n) is 5.13. The number of hydrogen-bond acceptors (Lipinski definition) is 4. The van der Waals surface area contributed by atoms with E-state index >= 15 is 0 Å². The van der Waals surface area contributed by atoms with Crippen molar-refractivity contribution in [2.24, 2.45) is 0 Å². The quantitative estimate of drug-likeness (QED) is 0.610. The number of hydrogen-bond donors (Lipinski definition) is 0. The van der Waals surface area contributed by atoms with Crippen LogP contribution in [0.3, 0.4) is 0 Å². The number of benzene rings is 1. The molecule has 2 aromatic heterocycles. The van der Waals surface area contributed by atoms with Crippen LogP contribution >= 0.6 is 23.2 Å². The minimum absolute atomic E-state index is 0.144. The molecule has 0 saturated carbocycles. The number of fused-ring (bicyclic) bond motifs is 1. The number of rotatable bonds is 4. The van der Waals surface area contributed by atoms with Gasteiger partial charge in [-0.05, 0) is 30.3 Å². The van der Waals surface area contributed by atoms with Crippen molar-refractivity contribution >= 4 is 38.7 Å². The molecule has 0 radical (unpaired) electrons. The molecule has 1 aliphatic rings. The number of pyridine rings is 1. The van der Waals surface area contributed by atoms with Gasteiger partial charge < -0.3 is 4.40 Å². The van der Waals surface area contributed by atoms with Crippen molar-refractivity contribution in [3.8, 4) is 6.07 Å². The standard InChI is InChI=1S/C20H18Cl2N4O2S/c21-18-5-4-16(11-19(18)22)29(27,28)26-9-7-24(8-10-26)13-15-14-25-6-2-1-3-20(25)17(15)12-23/h1-6,11,14H,7-10,13H2. The Morgan fingerprint density at radius 1 is 1.03 bits per heavy atom. The smallest absolute Gasteiger partial charge is 0.243 e. The minimum Gasteiger partial charge on any atom is -0.322 e. The van der Waals surface area contributed by atoms with Crippen molar-refractivity contribution in [3.63, 3.8) is 0 Å². The summed E-state index contributed by atoms with van der Waals surface area (Å²) in [7, 11) is -3.62. The first-order valence-electron chi connectivity index (χ1n) is 9.06. The predicted octanol–water partition coefficient (Wildman–Crippen LogP) is 3.62. The van der Waals surface area contributed by atoms with E-state index in [-0.39, 0.29) is 9.92 Å². The largest absolute Gasteiger partial charge is 0.322 e. The zero-order valence-corrected chi connectivity index (χ0v) is 17.8. The lowest BCUT2D eigenvalue weighted by atomic mass is 10.1. The predicted molar refractivity (Wildman–Crippen MR) is 113 cm³/mol. The van der Waals surface area contributed by atoms with Gasteiger partial charge in [0.2, 0.25) is 10.0 Å². The van der Waals surface area contributed by atoms with Gasteiger partial charge in [-0.3, -0.25) is 4.90 Å². The maximum atomic E-state index is 12.9. The maximum absolute atomic E-state index is 12.9. The molecule has 3 heterocycles. The second-order valence-corrected chi connectivity index (χ2v) is 9.64. The molecule has 1 aromatic carbocycles. The Morgan fingerprint density at radius 3 is 2.48 bits per heavy atom. The highest BCUT2D eigenvalue weighted by Gasteiger charge is 2.29. The summed E-state index contributed by atoms with van der Waals surface area (Å²) >= 11 is 11.9. The summed E-state index contributed by atoms with van der Waals surface area (Å²) in [6.45, 7) is 2.51. The van der Waals surface area contributed by atoms with Crippen LogP contribution in [0.25, 0.3) is 5.52 Å². The second kappa shape index (κ2) is 7.98. The van der Waals surface area contributed by atoms with Crippen LogP contribution in [0, 0.1) is 11.3 Å². The van der Waals surface area contributed by atoms with Crippen molar-refractivity contribution in [1.29, 1.82) is 5.26 Å². The molecular formula is C20H18Cl2N4O2S. The first-order chi connectivity index (χ1) is 13.9. The summed E-state index contributed by atoms with van der Waals surface area (Å²) in [6.07, 6.45) is 3.88. The van der Waals surface area contributed by atoms with Crippen molar-refractivity contribution in [1.82, 2.24) is 13.6 Å². The van der Waals surface area contributed by atoms with Crippen LogP contribution in [-0.4, -0.2) is 48.2 Å². The third kappa shape index (κ3) is 3.87. The molecule has 9 heteroatoms. The van der Waals surface area contributed by atoms with Gasteiger partial charge in [0.25, 0.3) is 0 Å². The molecule has 3 aromatic rings. The van der Waals surface area contributed by atoms with E-state index in [2.05, 4.69) is 11.0 Å². The average Bonchev–Trinajstić information content (AvgIpc) is 3.07. The van der Waals surface area contributed by atoms with Crippen LogP contribution in [0.4, 0.5) is 0 Å². The van der Waals surface area contributed by atoms with Gasteiger partial charge in [-0.15, -0.1) is 0 Å². The Kier molecular flexibility index (Phi) is 5.56. The van der Waals surface area contributed by atoms with Crippen molar-refractivity contribution in [3.05, 3.63) is 70.0 Å². The topological polar surface area (TPSA) is 68.8 Å². The fourth-order valence-corrected chi connectivity index (χ4v) is 5.39. The normalized spacial score (nSPS) is 16.2. The van der Waals surface area contributed by atoms with Gasteiger partial charge in [-0.2, -0.15) is 9.57 Å². The molecule has 0 amide bonds. The molecule has 0 unspecified atom stereocenters. The van der Waals surface area contributed by atoms with Gasteiger partial charge in [0.05, 0.1) is 26.0 Å². The number of piperazine rings is 1. The zero-order chi connectivity index (χ0) is 20.6. The molecule has 0 bridgehead atoms. The van der Waals surface area contributed by atoms with Gasteiger partial charge >= 0.3 is 0 Å². The molecule has 150 valence electrons. The Balaban J connectivity index is 1.47. The maximum Gasteiger partial charge on any atom is 0.243 e. The van der Waals surface area contributed by atoms with E-state index in [0.29, 0.717) is 43.3 Å². The molecule has 0 aliphatic carbocycles. The monoisotopic (exact) mass is 448 g/mol. The molecule has 4 rings (SSSR count). The molecule has 6 nitrogen and oxygen atoms in total. The summed E-state index contributed by atoms with van der Waals surface area (Å²) in [5, 5.41) is 10.1.